The van der Waals surface area contributed by atoms with E-state index in [-0.39, 0.29) is 11.0 Å². The molecular weight excluding hydrogens is 240 g/mol. The third-order valence-corrected chi connectivity index (χ3v) is 4.69. The highest BCUT2D eigenvalue weighted by molar-refractivity contribution is 7.09. The highest BCUT2D eigenvalue weighted by Crippen LogP contribution is 2.47. The van der Waals surface area contributed by atoms with E-state index in [1.807, 2.05) is 11.3 Å². The molecule has 0 aliphatic heterocycles. The minimum Gasteiger partial charge on any atom is -0.303 e. The number of rotatable bonds is 3. The summed E-state index contributed by atoms with van der Waals surface area (Å²) in [6, 6.07) is 0.513. The molecule has 0 unspecified atom stereocenters. The van der Waals surface area contributed by atoms with Gasteiger partial charge in [0.2, 0.25) is 0 Å². The van der Waals surface area contributed by atoms with E-state index >= 15 is 0 Å². The maximum absolute atomic E-state index is 4.92. The van der Waals surface area contributed by atoms with Crippen LogP contribution in [0.3, 0.4) is 0 Å². The summed E-state index contributed by atoms with van der Waals surface area (Å²) in [6.45, 7) is 13.5. The van der Waals surface area contributed by atoms with E-state index in [2.05, 4.69) is 52.2 Å². The van der Waals surface area contributed by atoms with Crippen molar-refractivity contribution in [3.8, 4) is 0 Å². The van der Waals surface area contributed by atoms with E-state index in [0.29, 0.717) is 6.04 Å². The van der Waals surface area contributed by atoms with Gasteiger partial charge in [0.25, 0.3) is 0 Å². The van der Waals surface area contributed by atoms with Crippen LogP contribution in [0.5, 0.6) is 0 Å². The monoisotopic (exact) mass is 266 g/mol. The zero-order valence-electron chi connectivity index (χ0n) is 12.5. The summed E-state index contributed by atoms with van der Waals surface area (Å²) in [6.07, 6.45) is 2.45. The smallest absolute Gasteiger partial charge is 0.113 e. The highest BCUT2D eigenvalue weighted by Gasteiger charge is 2.46. The van der Waals surface area contributed by atoms with Crippen molar-refractivity contribution in [2.75, 3.05) is 0 Å². The molecule has 3 heteroatoms. The van der Waals surface area contributed by atoms with E-state index in [1.54, 1.807) is 0 Å². The first kappa shape index (κ1) is 14.0. The van der Waals surface area contributed by atoms with Crippen LogP contribution in [0.15, 0.2) is 5.38 Å². The Morgan fingerprint density at radius 2 is 2.00 bits per heavy atom. The van der Waals surface area contributed by atoms with Gasteiger partial charge in [-0.2, -0.15) is 0 Å². The standard InChI is InChI=1S/C15H26N2S/c1-10(2)17-15(7-11(3)8-15)13-16-12(9-18-13)14(4,5)6/h9-11,17H,7-8H2,1-6H3. The Hall–Kier alpha value is -0.410. The lowest BCUT2D eigenvalue weighted by Crippen LogP contribution is -2.54. The third-order valence-electron chi connectivity index (χ3n) is 3.64. The van der Waals surface area contributed by atoms with Crippen LogP contribution in [-0.4, -0.2) is 11.0 Å². The summed E-state index contributed by atoms with van der Waals surface area (Å²) < 4.78 is 0. The first-order chi connectivity index (χ1) is 8.23. The molecule has 2 rings (SSSR count). The van der Waals surface area contributed by atoms with Gasteiger partial charge in [-0.25, -0.2) is 4.98 Å². The zero-order chi connectivity index (χ0) is 13.6. The number of nitrogens with zero attached hydrogens (tertiary/aromatic N) is 1. The molecular formula is C15H26N2S. The molecule has 0 atom stereocenters. The Morgan fingerprint density at radius 1 is 1.39 bits per heavy atom. The number of hydrogen-bond donors (Lipinski definition) is 1. The van der Waals surface area contributed by atoms with Gasteiger partial charge < -0.3 is 5.32 Å². The summed E-state index contributed by atoms with van der Waals surface area (Å²) >= 11 is 1.83. The molecule has 1 saturated carbocycles. The highest BCUT2D eigenvalue weighted by atomic mass is 32.1. The molecule has 1 fully saturated rings. The van der Waals surface area contributed by atoms with Crippen molar-refractivity contribution in [1.82, 2.24) is 10.3 Å². The van der Waals surface area contributed by atoms with Crippen molar-refractivity contribution in [3.05, 3.63) is 16.1 Å². The van der Waals surface area contributed by atoms with Crippen LogP contribution in [0.2, 0.25) is 0 Å². The minimum atomic E-state index is 0.155. The van der Waals surface area contributed by atoms with Crippen LogP contribution in [-0.2, 0) is 11.0 Å². The van der Waals surface area contributed by atoms with Gasteiger partial charge in [-0.1, -0.05) is 27.7 Å². The van der Waals surface area contributed by atoms with Gasteiger partial charge in [-0.05, 0) is 32.6 Å². The van der Waals surface area contributed by atoms with Gasteiger partial charge in [-0.15, -0.1) is 11.3 Å². The van der Waals surface area contributed by atoms with Gasteiger partial charge in [0.15, 0.2) is 0 Å². The molecule has 0 saturated heterocycles. The summed E-state index contributed by atoms with van der Waals surface area (Å²) in [5.74, 6) is 0.818. The summed E-state index contributed by atoms with van der Waals surface area (Å²) in [4.78, 5) is 4.92. The number of hydrogen-bond acceptors (Lipinski definition) is 3. The van der Waals surface area contributed by atoms with E-state index in [4.69, 9.17) is 4.98 Å². The minimum absolute atomic E-state index is 0.155. The lowest BCUT2D eigenvalue weighted by atomic mass is 9.69. The molecule has 1 aromatic rings. The fourth-order valence-corrected chi connectivity index (χ4v) is 4.11. The lowest BCUT2D eigenvalue weighted by molar-refractivity contribution is 0.103. The topological polar surface area (TPSA) is 24.9 Å². The first-order valence-electron chi connectivity index (χ1n) is 6.97. The largest absolute Gasteiger partial charge is 0.303 e. The van der Waals surface area contributed by atoms with Crippen LogP contribution < -0.4 is 5.32 Å². The summed E-state index contributed by atoms with van der Waals surface area (Å²) in [7, 11) is 0. The molecule has 0 spiro atoms. The predicted molar refractivity (Wildman–Crippen MR) is 79.2 cm³/mol. The maximum atomic E-state index is 4.92. The fourth-order valence-electron chi connectivity index (χ4n) is 2.87. The average molecular weight is 266 g/mol. The number of thiazole rings is 1. The molecule has 1 heterocycles. The Balaban J connectivity index is 2.25. The normalized spacial score (nSPS) is 28.5. The maximum Gasteiger partial charge on any atom is 0.113 e. The molecule has 0 radical (unpaired) electrons. The molecule has 1 N–H and O–H groups in total. The molecule has 1 aromatic heterocycles. The fraction of sp³-hybridized carbons (Fsp3) is 0.800. The molecule has 102 valence electrons. The van der Waals surface area contributed by atoms with Crippen LogP contribution >= 0.6 is 11.3 Å². The van der Waals surface area contributed by atoms with Gasteiger partial charge in [-0.3, -0.25) is 0 Å². The molecule has 0 bridgehead atoms. The molecule has 2 nitrogen and oxygen atoms in total. The van der Waals surface area contributed by atoms with Gasteiger partial charge in [0.05, 0.1) is 11.2 Å². The van der Waals surface area contributed by atoms with Crippen molar-refractivity contribution >= 4 is 11.3 Å². The zero-order valence-corrected chi connectivity index (χ0v) is 13.3. The quantitative estimate of drug-likeness (QED) is 0.892. The van der Waals surface area contributed by atoms with E-state index < -0.39 is 0 Å². The lowest BCUT2D eigenvalue weighted by Gasteiger charge is -2.47. The second-order valence-electron chi connectivity index (χ2n) is 7.18. The number of nitrogens with one attached hydrogen (secondary N) is 1. The van der Waals surface area contributed by atoms with Crippen molar-refractivity contribution in [2.45, 2.75) is 71.4 Å². The van der Waals surface area contributed by atoms with Crippen LogP contribution in [0.1, 0.15) is 65.1 Å². The molecule has 1 aliphatic rings. The van der Waals surface area contributed by atoms with Crippen molar-refractivity contribution in [3.63, 3.8) is 0 Å². The summed E-state index contributed by atoms with van der Waals surface area (Å²) in [5, 5.41) is 7.28. The SMILES string of the molecule is CC1CC(NC(C)C)(c2nc(C(C)(C)C)cs2)C1. The predicted octanol–water partition coefficient (Wildman–Crippen LogP) is 4.06. The average Bonchev–Trinajstić information content (AvgIpc) is 2.61. The second kappa shape index (κ2) is 4.61. The van der Waals surface area contributed by atoms with Gasteiger partial charge in [0, 0.05) is 16.8 Å². The van der Waals surface area contributed by atoms with Crippen LogP contribution in [0.25, 0.3) is 0 Å². The van der Waals surface area contributed by atoms with Crippen LogP contribution in [0.4, 0.5) is 0 Å². The Labute approximate surface area is 115 Å². The third kappa shape index (κ3) is 2.62. The van der Waals surface area contributed by atoms with Crippen molar-refractivity contribution in [1.29, 1.82) is 0 Å². The second-order valence-corrected chi connectivity index (χ2v) is 8.04. The Kier molecular flexibility index (Phi) is 3.58. The van der Waals surface area contributed by atoms with Crippen molar-refractivity contribution < 1.29 is 0 Å². The van der Waals surface area contributed by atoms with Gasteiger partial charge in [0.1, 0.15) is 5.01 Å². The first-order valence-corrected chi connectivity index (χ1v) is 7.85. The van der Waals surface area contributed by atoms with E-state index in [1.165, 1.54) is 23.5 Å². The number of aromatic nitrogens is 1. The molecule has 18 heavy (non-hydrogen) atoms. The van der Waals surface area contributed by atoms with E-state index in [9.17, 15) is 0 Å². The Bertz CT molecular complexity index is 408. The molecule has 1 aliphatic carbocycles. The van der Waals surface area contributed by atoms with Gasteiger partial charge >= 0.3 is 0 Å². The Morgan fingerprint density at radius 3 is 2.39 bits per heavy atom. The summed E-state index contributed by atoms with van der Waals surface area (Å²) in [5.41, 5.74) is 1.54. The molecule has 0 amide bonds. The van der Waals surface area contributed by atoms with Crippen LogP contribution in [0, 0.1) is 5.92 Å². The van der Waals surface area contributed by atoms with E-state index in [0.717, 1.165) is 5.92 Å². The molecule has 0 aromatic carbocycles. The van der Waals surface area contributed by atoms with Crippen molar-refractivity contribution in [2.24, 2.45) is 5.92 Å².